The Balaban J connectivity index is 2.55. The van der Waals surface area contributed by atoms with Crippen LogP contribution in [0.4, 0.5) is 0 Å². The van der Waals surface area contributed by atoms with E-state index in [9.17, 15) is 9.90 Å². The molecule has 0 aromatic heterocycles. The van der Waals surface area contributed by atoms with Gasteiger partial charge in [-0.15, -0.1) is 0 Å². The van der Waals surface area contributed by atoms with Crippen LogP contribution in [0.3, 0.4) is 0 Å². The van der Waals surface area contributed by atoms with Gasteiger partial charge < -0.3 is 14.9 Å². The van der Waals surface area contributed by atoms with Gasteiger partial charge in [0.2, 0.25) is 0 Å². The van der Waals surface area contributed by atoms with E-state index in [4.69, 9.17) is 15.1 Å². The SMILES string of the molecule is C[C@@H](C/C=C/C(=O)NO)[C@H](O)c1ccc(OCCO)cc1. The molecule has 0 aliphatic carbocycles. The minimum absolute atomic E-state index is 0.0465. The molecule has 1 aromatic rings. The van der Waals surface area contributed by atoms with Crippen LogP contribution in [0, 0.1) is 5.92 Å². The molecule has 2 atom stereocenters. The van der Waals surface area contributed by atoms with Crippen molar-refractivity contribution in [3.63, 3.8) is 0 Å². The molecule has 6 nitrogen and oxygen atoms in total. The normalized spacial score (nSPS) is 13.9. The quantitative estimate of drug-likeness (QED) is 0.328. The van der Waals surface area contributed by atoms with Gasteiger partial charge in [0.05, 0.1) is 12.7 Å². The van der Waals surface area contributed by atoms with Crippen molar-refractivity contribution in [3.05, 3.63) is 42.0 Å². The van der Waals surface area contributed by atoms with Crippen molar-refractivity contribution in [1.29, 1.82) is 0 Å². The molecule has 0 fully saturated rings. The summed E-state index contributed by atoms with van der Waals surface area (Å²) in [6.07, 6.45) is 2.64. The zero-order chi connectivity index (χ0) is 15.7. The molecule has 0 saturated heterocycles. The monoisotopic (exact) mass is 295 g/mol. The Bertz CT molecular complexity index is 458. The molecule has 4 N–H and O–H groups in total. The van der Waals surface area contributed by atoms with E-state index in [1.807, 2.05) is 6.92 Å². The number of ether oxygens (including phenoxy) is 1. The predicted molar refractivity (Wildman–Crippen MR) is 76.8 cm³/mol. The molecular weight excluding hydrogens is 274 g/mol. The molecule has 1 amide bonds. The van der Waals surface area contributed by atoms with Crippen molar-refractivity contribution < 1.29 is 25.0 Å². The molecule has 0 radical (unpaired) electrons. The van der Waals surface area contributed by atoms with E-state index < -0.39 is 12.0 Å². The summed E-state index contributed by atoms with van der Waals surface area (Å²) in [5, 5.41) is 27.2. The lowest BCUT2D eigenvalue weighted by atomic mass is 9.94. The minimum atomic E-state index is -0.668. The molecule has 0 spiro atoms. The summed E-state index contributed by atoms with van der Waals surface area (Å²) in [6.45, 7) is 2.05. The highest BCUT2D eigenvalue weighted by molar-refractivity contribution is 5.86. The Morgan fingerprint density at radius 1 is 1.38 bits per heavy atom. The van der Waals surface area contributed by atoms with Crippen LogP contribution in [-0.2, 0) is 4.79 Å². The second kappa shape index (κ2) is 9.12. The summed E-state index contributed by atoms with van der Waals surface area (Å²) in [7, 11) is 0. The fourth-order valence-electron chi connectivity index (χ4n) is 1.81. The van der Waals surface area contributed by atoms with E-state index >= 15 is 0 Å². The highest BCUT2D eigenvalue weighted by Crippen LogP contribution is 2.26. The summed E-state index contributed by atoms with van der Waals surface area (Å²) in [5.41, 5.74) is 2.25. The zero-order valence-corrected chi connectivity index (χ0v) is 11.9. The lowest BCUT2D eigenvalue weighted by Gasteiger charge is -2.18. The van der Waals surface area contributed by atoms with Crippen molar-refractivity contribution in [2.75, 3.05) is 13.2 Å². The van der Waals surface area contributed by atoms with Crippen molar-refractivity contribution >= 4 is 5.91 Å². The third kappa shape index (κ3) is 5.95. The highest BCUT2D eigenvalue weighted by atomic mass is 16.5. The first kappa shape index (κ1) is 17.2. The first-order valence-electron chi connectivity index (χ1n) is 6.70. The van der Waals surface area contributed by atoms with E-state index in [2.05, 4.69) is 0 Å². The number of hydrogen-bond acceptors (Lipinski definition) is 5. The van der Waals surface area contributed by atoms with Gasteiger partial charge in [-0.25, -0.2) is 5.48 Å². The van der Waals surface area contributed by atoms with Crippen molar-refractivity contribution in [2.24, 2.45) is 5.92 Å². The van der Waals surface area contributed by atoms with E-state index in [-0.39, 0.29) is 19.1 Å². The average molecular weight is 295 g/mol. The van der Waals surface area contributed by atoms with Gasteiger partial charge in [-0.05, 0) is 30.0 Å². The Morgan fingerprint density at radius 2 is 2.05 bits per heavy atom. The Hall–Kier alpha value is -1.89. The number of amides is 1. The molecule has 0 aliphatic rings. The van der Waals surface area contributed by atoms with Crippen molar-refractivity contribution in [2.45, 2.75) is 19.4 Å². The topological polar surface area (TPSA) is 99.0 Å². The fourth-order valence-corrected chi connectivity index (χ4v) is 1.81. The minimum Gasteiger partial charge on any atom is -0.491 e. The number of benzene rings is 1. The largest absolute Gasteiger partial charge is 0.491 e. The third-order valence-electron chi connectivity index (χ3n) is 3.01. The molecule has 1 rings (SSSR count). The van der Waals surface area contributed by atoms with Crippen LogP contribution in [0.15, 0.2) is 36.4 Å². The van der Waals surface area contributed by atoms with Crippen molar-refractivity contribution in [1.82, 2.24) is 5.48 Å². The Labute approximate surface area is 123 Å². The number of rotatable bonds is 8. The maximum Gasteiger partial charge on any atom is 0.267 e. The molecule has 0 saturated carbocycles. The van der Waals surface area contributed by atoms with Gasteiger partial charge in [-0.3, -0.25) is 10.0 Å². The lowest BCUT2D eigenvalue weighted by molar-refractivity contribution is -0.124. The first-order valence-corrected chi connectivity index (χ1v) is 6.70. The van der Waals surface area contributed by atoms with Crippen LogP contribution in [0.25, 0.3) is 0 Å². The van der Waals surface area contributed by atoms with Crippen LogP contribution in [0.2, 0.25) is 0 Å². The summed E-state index contributed by atoms with van der Waals surface area (Å²) in [6, 6.07) is 6.99. The van der Waals surface area contributed by atoms with E-state index in [1.165, 1.54) is 11.6 Å². The second-order valence-corrected chi connectivity index (χ2v) is 4.68. The molecule has 0 unspecified atom stereocenters. The average Bonchev–Trinajstić information content (AvgIpc) is 2.52. The van der Waals surface area contributed by atoms with Gasteiger partial charge in [-0.1, -0.05) is 25.1 Å². The fraction of sp³-hybridized carbons (Fsp3) is 0.400. The highest BCUT2D eigenvalue weighted by Gasteiger charge is 2.15. The number of allylic oxidation sites excluding steroid dienone is 1. The van der Waals surface area contributed by atoms with Crippen LogP contribution in [0.1, 0.15) is 25.0 Å². The molecular formula is C15H21NO5. The van der Waals surface area contributed by atoms with Gasteiger partial charge in [0.15, 0.2) is 0 Å². The number of nitrogens with one attached hydrogen (secondary N) is 1. The van der Waals surface area contributed by atoms with Gasteiger partial charge in [0.1, 0.15) is 12.4 Å². The molecule has 0 bridgehead atoms. The summed E-state index contributed by atoms with van der Waals surface area (Å²) in [5.74, 6) is -0.0498. The number of carbonyl (C=O) groups excluding carboxylic acids is 1. The number of carbonyl (C=O) groups is 1. The number of hydrogen-bond donors (Lipinski definition) is 4. The van der Waals surface area contributed by atoms with Crippen LogP contribution >= 0.6 is 0 Å². The standard InChI is InChI=1S/C15H21NO5/c1-11(3-2-4-14(18)16-20)15(19)12-5-7-13(8-6-12)21-10-9-17/h2,4-8,11,15,17,19-20H,3,9-10H2,1H3,(H,16,18)/b4-2+/t11-,15-/m0/s1. The molecule has 1 aromatic carbocycles. The number of aliphatic hydroxyl groups is 2. The second-order valence-electron chi connectivity index (χ2n) is 4.68. The van der Waals surface area contributed by atoms with Crippen LogP contribution in [-0.4, -0.2) is 34.5 Å². The first-order chi connectivity index (χ1) is 10.1. The van der Waals surface area contributed by atoms with Crippen LogP contribution in [0.5, 0.6) is 5.75 Å². The van der Waals surface area contributed by atoms with Crippen molar-refractivity contribution in [3.8, 4) is 5.75 Å². The number of hydroxylamine groups is 1. The van der Waals surface area contributed by atoms with Gasteiger partial charge >= 0.3 is 0 Å². The predicted octanol–water partition coefficient (Wildman–Crippen LogP) is 1.18. The van der Waals surface area contributed by atoms with E-state index in [0.29, 0.717) is 12.2 Å². The van der Waals surface area contributed by atoms with Gasteiger partial charge in [0.25, 0.3) is 5.91 Å². The smallest absolute Gasteiger partial charge is 0.267 e. The maximum atomic E-state index is 10.8. The molecule has 0 aliphatic heterocycles. The molecule has 116 valence electrons. The summed E-state index contributed by atoms with van der Waals surface area (Å²) in [4.78, 5) is 10.8. The maximum absolute atomic E-state index is 10.8. The Morgan fingerprint density at radius 3 is 2.62 bits per heavy atom. The van der Waals surface area contributed by atoms with Gasteiger partial charge in [-0.2, -0.15) is 0 Å². The molecule has 21 heavy (non-hydrogen) atoms. The zero-order valence-electron chi connectivity index (χ0n) is 11.9. The van der Waals surface area contributed by atoms with E-state index in [1.54, 1.807) is 30.3 Å². The van der Waals surface area contributed by atoms with Crippen LogP contribution < -0.4 is 10.2 Å². The lowest BCUT2D eigenvalue weighted by Crippen LogP contribution is -2.15. The number of aliphatic hydroxyl groups excluding tert-OH is 2. The van der Waals surface area contributed by atoms with E-state index in [0.717, 1.165) is 5.56 Å². The summed E-state index contributed by atoms with van der Waals surface area (Å²) >= 11 is 0. The Kier molecular flexibility index (Phi) is 7.45. The third-order valence-corrected chi connectivity index (χ3v) is 3.01. The molecule has 0 heterocycles. The molecule has 6 heteroatoms. The summed E-state index contributed by atoms with van der Waals surface area (Å²) < 4.78 is 5.24. The van der Waals surface area contributed by atoms with Gasteiger partial charge in [0, 0.05) is 6.08 Å².